The Labute approximate surface area is 161 Å². The van der Waals surface area contributed by atoms with E-state index in [4.69, 9.17) is 18.9 Å². The molecule has 0 aliphatic carbocycles. The van der Waals surface area contributed by atoms with Gasteiger partial charge in [-0.05, 0) is 12.1 Å². The van der Waals surface area contributed by atoms with E-state index in [1.54, 1.807) is 19.2 Å². The van der Waals surface area contributed by atoms with E-state index in [1.807, 2.05) is 12.1 Å². The highest BCUT2D eigenvalue weighted by Crippen LogP contribution is 2.35. The molecule has 0 radical (unpaired) electrons. The molecule has 0 bridgehead atoms. The van der Waals surface area contributed by atoms with Gasteiger partial charge >= 0.3 is 0 Å². The summed E-state index contributed by atoms with van der Waals surface area (Å²) in [5, 5.41) is 11.4. The fourth-order valence-electron chi connectivity index (χ4n) is 2.94. The summed E-state index contributed by atoms with van der Waals surface area (Å²) in [6.07, 6.45) is -0.400. The summed E-state index contributed by atoms with van der Waals surface area (Å²) < 4.78 is 21.7. The second-order valence-corrected chi connectivity index (χ2v) is 6.16. The number of carbonyl (C=O) groups excluding carboxylic acids is 1. The quantitative estimate of drug-likeness (QED) is 0.554. The largest absolute Gasteiger partial charge is 0.493 e. The summed E-state index contributed by atoms with van der Waals surface area (Å²) in [5.74, 6) is 1.11. The molecule has 1 heterocycles. The Morgan fingerprint density at radius 3 is 2.50 bits per heavy atom. The molecule has 2 aromatic rings. The smallest absolute Gasteiger partial charge is 0.286 e. The number of hydrogen-bond donors (Lipinski definition) is 0. The van der Waals surface area contributed by atoms with Crippen molar-refractivity contribution >= 4 is 11.6 Å². The van der Waals surface area contributed by atoms with E-state index in [2.05, 4.69) is 0 Å². The van der Waals surface area contributed by atoms with Crippen molar-refractivity contribution < 1.29 is 28.7 Å². The lowest BCUT2D eigenvalue weighted by Crippen LogP contribution is -2.41. The lowest BCUT2D eigenvalue weighted by Gasteiger charge is -2.29. The molecule has 1 aliphatic heterocycles. The normalized spacial score (nSPS) is 14.9. The first kappa shape index (κ1) is 19.3. The van der Waals surface area contributed by atoms with Crippen LogP contribution in [0.2, 0.25) is 0 Å². The fourth-order valence-corrected chi connectivity index (χ4v) is 2.94. The standard InChI is InChI=1S/C19H20N2O7/c1-20(10-12-11-27-15-6-4-5-7-16(15)28-12)19(22)13-8-17(25-2)18(26-3)9-14(13)21(23)24/h4-9,12H,10-11H2,1-3H3/t12-/m0/s1. The summed E-state index contributed by atoms with van der Waals surface area (Å²) in [7, 11) is 4.31. The third-order valence-corrected chi connectivity index (χ3v) is 4.32. The Morgan fingerprint density at radius 1 is 1.21 bits per heavy atom. The van der Waals surface area contributed by atoms with Crippen LogP contribution in [0.1, 0.15) is 10.4 Å². The van der Waals surface area contributed by atoms with Crippen molar-refractivity contribution in [2.75, 3.05) is 34.4 Å². The molecule has 0 fully saturated rings. The van der Waals surface area contributed by atoms with Gasteiger partial charge < -0.3 is 23.8 Å². The van der Waals surface area contributed by atoms with Crippen LogP contribution in [0.3, 0.4) is 0 Å². The van der Waals surface area contributed by atoms with E-state index in [0.29, 0.717) is 11.5 Å². The molecule has 1 aliphatic rings. The number of hydrogen-bond acceptors (Lipinski definition) is 7. The molecule has 28 heavy (non-hydrogen) atoms. The maximum Gasteiger partial charge on any atom is 0.286 e. The van der Waals surface area contributed by atoms with Crippen LogP contribution in [0.5, 0.6) is 23.0 Å². The highest BCUT2D eigenvalue weighted by atomic mass is 16.6. The number of amides is 1. The second-order valence-electron chi connectivity index (χ2n) is 6.16. The topological polar surface area (TPSA) is 100 Å². The molecule has 0 saturated heterocycles. The third-order valence-electron chi connectivity index (χ3n) is 4.32. The molecule has 0 aromatic heterocycles. The molecule has 0 N–H and O–H groups in total. The highest BCUT2D eigenvalue weighted by molar-refractivity contribution is 5.99. The molecule has 0 spiro atoms. The first-order chi connectivity index (χ1) is 13.4. The summed E-state index contributed by atoms with van der Waals surface area (Å²) >= 11 is 0. The first-order valence-electron chi connectivity index (χ1n) is 8.49. The number of likely N-dealkylation sites (N-methyl/N-ethyl adjacent to an activating group) is 1. The van der Waals surface area contributed by atoms with Crippen molar-refractivity contribution in [3.8, 4) is 23.0 Å². The molecule has 1 atom stereocenters. The number of benzene rings is 2. The van der Waals surface area contributed by atoms with Gasteiger partial charge in [0, 0.05) is 13.1 Å². The van der Waals surface area contributed by atoms with Gasteiger partial charge in [-0.25, -0.2) is 0 Å². The molecule has 2 aromatic carbocycles. The molecule has 9 nitrogen and oxygen atoms in total. The average Bonchev–Trinajstić information content (AvgIpc) is 2.71. The molecular formula is C19H20N2O7. The molecule has 0 saturated carbocycles. The van der Waals surface area contributed by atoms with Crippen molar-refractivity contribution in [1.82, 2.24) is 4.90 Å². The summed E-state index contributed by atoms with van der Waals surface area (Å²) in [5.41, 5.74) is -0.456. The van der Waals surface area contributed by atoms with Crippen LogP contribution in [-0.2, 0) is 0 Å². The lowest BCUT2D eigenvalue weighted by atomic mass is 10.1. The fraction of sp³-hybridized carbons (Fsp3) is 0.316. The van der Waals surface area contributed by atoms with Gasteiger partial charge in [0.05, 0.1) is 31.8 Å². The number of para-hydroxylation sites is 2. The van der Waals surface area contributed by atoms with Gasteiger partial charge in [-0.3, -0.25) is 14.9 Å². The first-order valence-corrected chi connectivity index (χ1v) is 8.49. The van der Waals surface area contributed by atoms with Crippen LogP contribution >= 0.6 is 0 Å². The molecular weight excluding hydrogens is 368 g/mol. The predicted octanol–water partition coefficient (Wildman–Crippen LogP) is 2.52. The minimum Gasteiger partial charge on any atom is -0.493 e. The Kier molecular flexibility index (Phi) is 5.53. The van der Waals surface area contributed by atoms with Crippen molar-refractivity contribution in [2.45, 2.75) is 6.10 Å². The van der Waals surface area contributed by atoms with Crippen LogP contribution in [0, 0.1) is 10.1 Å². The van der Waals surface area contributed by atoms with Gasteiger partial charge in [0.25, 0.3) is 11.6 Å². The molecule has 0 unspecified atom stereocenters. The summed E-state index contributed by atoms with van der Waals surface area (Å²) in [4.78, 5) is 25.1. The zero-order valence-electron chi connectivity index (χ0n) is 15.7. The van der Waals surface area contributed by atoms with Crippen molar-refractivity contribution in [3.63, 3.8) is 0 Å². The van der Waals surface area contributed by atoms with Crippen molar-refractivity contribution in [2.24, 2.45) is 0 Å². The van der Waals surface area contributed by atoms with E-state index in [1.165, 1.54) is 31.3 Å². The summed E-state index contributed by atoms with van der Waals surface area (Å²) in [6.45, 7) is 0.460. The van der Waals surface area contributed by atoms with Crippen LogP contribution in [0.15, 0.2) is 36.4 Å². The maximum atomic E-state index is 12.9. The van der Waals surface area contributed by atoms with Crippen LogP contribution in [-0.4, -0.2) is 56.3 Å². The SMILES string of the molecule is COc1cc(C(=O)N(C)C[C@H]2COc3ccccc3O2)c([N+](=O)[O-])cc1OC. The van der Waals surface area contributed by atoms with Crippen molar-refractivity contribution in [3.05, 3.63) is 52.1 Å². The second kappa shape index (κ2) is 8.03. The number of nitro benzene ring substituents is 1. The van der Waals surface area contributed by atoms with E-state index >= 15 is 0 Å². The Morgan fingerprint density at radius 2 is 1.86 bits per heavy atom. The number of nitrogens with zero attached hydrogens (tertiary/aromatic N) is 2. The number of carbonyl (C=O) groups is 1. The number of ether oxygens (including phenoxy) is 4. The molecule has 3 rings (SSSR count). The minimum absolute atomic E-state index is 0.0951. The Hall–Kier alpha value is -3.49. The lowest BCUT2D eigenvalue weighted by molar-refractivity contribution is -0.385. The monoisotopic (exact) mass is 388 g/mol. The Balaban J connectivity index is 1.80. The van der Waals surface area contributed by atoms with Gasteiger partial charge in [0.2, 0.25) is 0 Å². The molecule has 148 valence electrons. The van der Waals surface area contributed by atoms with Gasteiger partial charge in [0.15, 0.2) is 29.1 Å². The average molecular weight is 388 g/mol. The highest BCUT2D eigenvalue weighted by Gasteiger charge is 2.29. The van der Waals surface area contributed by atoms with E-state index in [9.17, 15) is 14.9 Å². The van der Waals surface area contributed by atoms with Gasteiger partial charge in [-0.1, -0.05) is 12.1 Å². The van der Waals surface area contributed by atoms with Crippen LogP contribution < -0.4 is 18.9 Å². The van der Waals surface area contributed by atoms with Gasteiger partial charge in [-0.15, -0.1) is 0 Å². The van der Waals surface area contributed by atoms with Crippen LogP contribution in [0.4, 0.5) is 5.69 Å². The van der Waals surface area contributed by atoms with Crippen LogP contribution in [0.25, 0.3) is 0 Å². The maximum absolute atomic E-state index is 12.9. The van der Waals surface area contributed by atoms with Gasteiger partial charge in [-0.2, -0.15) is 0 Å². The van der Waals surface area contributed by atoms with E-state index in [-0.39, 0.29) is 35.9 Å². The zero-order chi connectivity index (χ0) is 20.3. The number of fused-ring (bicyclic) bond motifs is 1. The Bertz CT molecular complexity index is 900. The predicted molar refractivity (Wildman–Crippen MR) is 99.5 cm³/mol. The van der Waals surface area contributed by atoms with E-state index < -0.39 is 16.9 Å². The van der Waals surface area contributed by atoms with Gasteiger partial charge in [0.1, 0.15) is 12.2 Å². The van der Waals surface area contributed by atoms with Crippen molar-refractivity contribution in [1.29, 1.82) is 0 Å². The summed E-state index contributed by atoms with van der Waals surface area (Å²) in [6, 6.07) is 9.73. The third kappa shape index (κ3) is 3.78. The number of nitro groups is 1. The number of methoxy groups -OCH3 is 2. The zero-order valence-corrected chi connectivity index (χ0v) is 15.7. The van der Waals surface area contributed by atoms with E-state index in [0.717, 1.165) is 0 Å². The molecule has 9 heteroatoms. The molecule has 1 amide bonds. The minimum atomic E-state index is -0.625. The number of rotatable bonds is 6.